The Morgan fingerprint density at radius 3 is 2.54 bits per heavy atom. The summed E-state index contributed by atoms with van der Waals surface area (Å²) in [6, 6.07) is 18.0. The lowest BCUT2D eigenvalue weighted by atomic mass is 10.1. The maximum atomic E-state index is 12.4. The van der Waals surface area contributed by atoms with Gasteiger partial charge in [-0.1, -0.05) is 12.1 Å². The van der Waals surface area contributed by atoms with Gasteiger partial charge in [-0.2, -0.15) is 0 Å². The van der Waals surface area contributed by atoms with Gasteiger partial charge in [-0.25, -0.2) is 0 Å². The molecule has 3 aromatic rings. The summed E-state index contributed by atoms with van der Waals surface area (Å²) >= 11 is 0. The van der Waals surface area contributed by atoms with Crippen LogP contribution in [0.1, 0.15) is 10.4 Å². The van der Waals surface area contributed by atoms with Crippen LogP contribution in [0.25, 0.3) is 11.3 Å². The number of nitrogens with zero attached hydrogens (tertiary/aromatic N) is 1. The van der Waals surface area contributed by atoms with Crippen molar-refractivity contribution in [3.05, 3.63) is 72.4 Å². The predicted molar refractivity (Wildman–Crippen MR) is 95.0 cm³/mol. The molecule has 0 atom stereocenters. The average Bonchev–Trinajstić information content (AvgIpc) is 2.64. The Kier molecular flexibility index (Phi) is 4.43. The Bertz CT molecular complexity index is 846. The van der Waals surface area contributed by atoms with E-state index >= 15 is 0 Å². The Labute approximate surface area is 140 Å². The summed E-state index contributed by atoms with van der Waals surface area (Å²) in [5, 5.41) is 2.84. The number of rotatable bonds is 4. The molecule has 0 aliphatic heterocycles. The number of ether oxygens (including phenoxy) is 1. The van der Waals surface area contributed by atoms with Crippen LogP contribution < -0.4 is 15.8 Å². The lowest BCUT2D eigenvalue weighted by Gasteiger charge is -2.11. The molecule has 1 aromatic heterocycles. The topological polar surface area (TPSA) is 77.2 Å². The molecule has 3 N–H and O–H groups in total. The van der Waals surface area contributed by atoms with Gasteiger partial charge in [0.15, 0.2) is 0 Å². The number of nitrogens with one attached hydrogen (secondary N) is 1. The fraction of sp³-hybridized carbons (Fsp3) is 0.0526. The molecule has 0 unspecified atom stereocenters. The average molecular weight is 319 g/mol. The molecule has 0 saturated heterocycles. The van der Waals surface area contributed by atoms with Gasteiger partial charge >= 0.3 is 0 Å². The number of nitrogens with two attached hydrogens (primary N) is 1. The number of nitrogen functional groups attached to an aromatic ring is 1. The van der Waals surface area contributed by atoms with Crippen LogP contribution in [-0.4, -0.2) is 18.0 Å². The van der Waals surface area contributed by atoms with Crippen LogP contribution in [0.2, 0.25) is 0 Å². The van der Waals surface area contributed by atoms with Gasteiger partial charge in [0.2, 0.25) is 0 Å². The van der Waals surface area contributed by atoms with E-state index in [-0.39, 0.29) is 5.91 Å². The number of amides is 1. The quantitative estimate of drug-likeness (QED) is 0.720. The highest BCUT2D eigenvalue weighted by Gasteiger charge is 2.10. The standard InChI is InChI=1S/C19H17N3O2/c1-24-15-8-5-13(6-9-15)19(23)22-18-12-14(7-10-16(18)20)17-4-2-3-11-21-17/h2-12H,20H2,1H3,(H,22,23). The van der Waals surface area contributed by atoms with Crippen molar-refractivity contribution in [2.24, 2.45) is 0 Å². The van der Waals surface area contributed by atoms with Gasteiger partial charge in [-0.3, -0.25) is 9.78 Å². The lowest BCUT2D eigenvalue weighted by Crippen LogP contribution is -2.13. The second kappa shape index (κ2) is 6.83. The molecule has 0 bridgehead atoms. The van der Waals surface area contributed by atoms with Crippen molar-refractivity contribution in [3.63, 3.8) is 0 Å². The number of pyridine rings is 1. The smallest absolute Gasteiger partial charge is 0.255 e. The van der Waals surface area contributed by atoms with Crippen LogP contribution in [0, 0.1) is 0 Å². The van der Waals surface area contributed by atoms with Crippen molar-refractivity contribution in [3.8, 4) is 17.0 Å². The van der Waals surface area contributed by atoms with Gasteiger partial charge in [0.1, 0.15) is 5.75 Å². The number of benzene rings is 2. The second-order valence-corrected chi connectivity index (χ2v) is 5.20. The molecule has 24 heavy (non-hydrogen) atoms. The van der Waals surface area contributed by atoms with Gasteiger partial charge < -0.3 is 15.8 Å². The molecule has 120 valence electrons. The van der Waals surface area contributed by atoms with E-state index in [1.54, 1.807) is 43.6 Å². The highest BCUT2D eigenvalue weighted by atomic mass is 16.5. The summed E-state index contributed by atoms with van der Waals surface area (Å²) in [6.45, 7) is 0. The molecule has 1 heterocycles. The van der Waals surface area contributed by atoms with Crippen LogP contribution in [0.4, 0.5) is 11.4 Å². The molecule has 2 aromatic carbocycles. The van der Waals surface area contributed by atoms with Crippen LogP contribution in [0.3, 0.4) is 0 Å². The van der Waals surface area contributed by atoms with Gasteiger partial charge in [-0.05, 0) is 48.5 Å². The number of carbonyl (C=O) groups is 1. The van der Waals surface area contributed by atoms with Crippen molar-refractivity contribution in [2.45, 2.75) is 0 Å². The molecule has 5 heteroatoms. The zero-order valence-corrected chi connectivity index (χ0v) is 13.2. The molecule has 0 spiro atoms. The third-order valence-corrected chi connectivity index (χ3v) is 3.61. The van der Waals surface area contributed by atoms with E-state index in [9.17, 15) is 4.79 Å². The highest BCUT2D eigenvalue weighted by Crippen LogP contribution is 2.26. The number of anilines is 2. The third-order valence-electron chi connectivity index (χ3n) is 3.61. The van der Waals surface area contributed by atoms with E-state index in [1.807, 2.05) is 30.3 Å². The van der Waals surface area contributed by atoms with Crippen molar-refractivity contribution < 1.29 is 9.53 Å². The summed E-state index contributed by atoms with van der Waals surface area (Å²) in [5.41, 5.74) is 9.26. The van der Waals surface area contributed by atoms with Gasteiger partial charge in [0.25, 0.3) is 5.91 Å². The van der Waals surface area contributed by atoms with E-state index < -0.39 is 0 Å². The zero-order chi connectivity index (χ0) is 16.9. The molecule has 0 saturated carbocycles. The van der Waals surface area contributed by atoms with Crippen LogP contribution >= 0.6 is 0 Å². The maximum absolute atomic E-state index is 12.4. The molecule has 5 nitrogen and oxygen atoms in total. The first-order valence-electron chi connectivity index (χ1n) is 7.44. The van der Waals surface area contributed by atoms with Crippen molar-refractivity contribution >= 4 is 17.3 Å². The fourth-order valence-electron chi connectivity index (χ4n) is 2.29. The fourth-order valence-corrected chi connectivity index (χ4v) is 2.29. The summed E-state index contributed by atoms with van der Waals surface area (Å²) in [5.74, 6) is 0.464. The number of hydrogen-bond acceptors (Lipinski definition) is 4. The van der Waals surface area contributed by atoms with E-state index in [4.69, 9.17) is 10.5 Å². The van der Waals surface area contributed by atoms with E-state index in [0.29, 0.717) is 22.7 Å². The van der Waals surface area contributed by atoms with Crippen LogP contribution in [-0.2, 0) is 0 Å². The zero-order valence-electron chi connectivity index (χ0n) is 13.2. The Hall–Kier alpha value is -3.34. The number of aromatic nitrogens is 1. The van der Waals surface area contributed by atoms with Crippen molar-refractivity contribution in [1.82, 2.24) is 4.98 Å². The Morgan fingerprint density at radius 2 is 1.88 bits per heavy atom. The first kappa shape index (κ1) is 15.6. The van der Waals surface area contributed by atoms with Crippen molar-refractivity contribution in [1.29, 1.82) is 0 Å². The number of carbonyl (C=O) groups excluding carboxylic acids is 1. The van der Waals surface area contributed by atoms with E-state index in [0.717, 1.165) is 11.3 Å². The Balaban J connectivity index is 1.85. The summed E-state index contributed by atoms with van der Waals surface area (Å²) in [7, 11) is 1.58. The van der Waals surface area contributed by atoms with Gasteiger partial charge in [0, 0.05) is 17.3 Å². The summed E-state index contributed by atoms with van der Waals surface area (Å²) in [6.07, 6.45) is 1.72. The molecule has 0 aliphatic carbocycles. The summed E-state index contributed by atoms with van der Waals surface area (Å²) in [4.78, 5) is 16.7. The molecule has 0 aliphatic rings. The SMILES string of the molecule is COc1ccc(C(=O)Nc2cc(-c3ccccn3)ccc2N)cc1. The second-order valence-electron chi connectivity index (χ2n) is 5.20. The minimum Gasteiger partial charge on any atom is -0.497 e. The van der Waals surface area contributed by atoms with Crippen LogP contribution in [0.15, 0.2) is 66.9 Å². The summed E-state index contributed by atoms with van der Waals surface area (Å²) < 4.78 is 5.09. The van der Waals surface area contributed by atoms with E-state index in [2.05, 4.69) is 10.3 Å². The maximum Gasteiger partial charge on any atom is 0.255 e. The lowest BCUT2D eigenvalue weighted by molar-refractivity contribution is 0.102. The number of methoxy groups -OCH3 is 1. The molecule has 0 fully saturated rings. The van der Waals surface area contributed by atoms with Crippen molar-refractivity contribution in [2.75, 3.05) is 18.2 Å². The van der Waals surface area contributed by atoms with Gasteiger partial charge in [-0.15, -0.1) is 0 Å². The van der Waals surface area contributed by atoms with E-state index in [1.165, 1.54) is 0 Å². The monoisotopic (exact) mass is 319 g/mol. The molecular formula is C19H17N3O2. The van der Waals surface area contributed by atoms with Gasteiger partial charge in [0.05, 0.1) is 24.2 Å². The number of hydrogen-bond donors (Lipinski definition) is 2. The minimum atomic E-state index is -0.234. The predicted octanol–water partition coefficient (Wildman–Crippen LogP) is 3.59. The first-order valence-corrected chi connectivity index (χ1v) is 7.44. The molecule has 0 radical (unpaired) electrons. The molecular weight excluding hydrogens is 302 g/mol. The molecule has 3 rings (SSSR count). The van der Waals surface area contributed by atoms with Crippen LogP contribution in [0.5, 0.6) is 5.75 Å². The third kappa shape index (κ3) is 3.35. The minimum absolute atomic E-state index is 0.234. The molecule has 1 amide bonds. The first-order chi connectivity index (χ1) is 11.7. The highest BCUT2D eigenvalue weighted by molar-refractivity contribution is 6.06. The largest absolute Gasteiger partial charge is 0.497 e. The Morgan fingerprint density at radius 1 is 1.08 bits per heavy atom. The normalized spacial score (nSPS) is 10.2.